The summed E-state index contributed by atoms with van der Waals surface area (Å²) in [6.45, 7) is -2.52. The highest BCUT2D eigenvalue weighted by Gasteiger charge is 2.23. The normalized spacial score (nSPS) is 14.0. The van der Waals surface area contributed by atoms with Crippen LogP contribution in [0.25, 0.3) is 11.5 Å². The number of ether oxygens (including phenoxy) is 2. The van der Waals surface area contributed by atoms with Gasteiger partial charge in [0.25, 0.3) is 5.91 Å². The third-order valence-corrected chi connectivity index (χ3v) is 3.33. The molecule has 122 valence electrons. The fraction of sp³-hybridized carbons (Fsp3) is 0.333. The molecule has 1 fully saturated rings. The summed E-state index contributed by atoms with van der Waals surface area (Å²) in [6, 6.07) is 4.31. The number of carbonyl (C=O) groups is 1. The van der Waals surface area contributed by atoms with Gasteiger partial charge in [-0.15, -0.1) is 0 Å². The van der Waals surface area contributed by atoms with Gasteiger partial charge in [0.2, 0.25) is 5.89 Å². The molecule has 1 heterocycles. The maximum absolute atomic E-state index is 12.5. The lowest BCUT2D eigenvalue weighted by atomic mass is 10.2. The van der Waals surface area contributed by atoms with E-state index in [1.54, 1.807) is 0 Å². The molecule has 2 aromatic rings. The summed E-state index contributed by atoms with van der Waals surface area (Å²) in [7, 11) is 0. The van der Waals surface area contributed by atoms with Crippen LogP contribution in [0, 0.1) is 5.92 Å². The number of nitrogens with zero attached hydrogens (tertiary/aromatic N) is 1. The van der Waals surface area contributed by atoms with Crippen LogP contribution in [0.1, 0.15) is 23.3 Å². The number of nitrogens with two attached hydrogens (primary N) is 1. The summed E-state index contributed by atoms with van der Waals surface area (Å²) >= 11 is 0. The molecule has 1 aliphatic carbocycles. The fourth-order valence-corrected chi connectivity index (χ4v) is 1.96. The second kappa shape index (κ2) is 6.23. The van der Waals surface area contributed by atoms with Crippen molar-refractivity contribution in [1.82, 2.24) is 4.98 Å². The van der Waals surface area contributed by atoms with Crippen LogP contribution in [0.5, 0.6) is 11.5 Å². The predicted octanol–water partition coefficient (Wildman–Crippen LogP) is 2.83. The first-order valence-electron chi connectivity index (χ1n) is 7.00. The summed E-state index contributed by atoms with van der Waals surface area (Å²) in [6.07, 6.45) is 3.25. The minimum absolute atomic E-state index is 0.0200. The fourth-order valence-electron chi connectivity index (χ4n) is 1.96. The Morgan fingerprint density at radius 3 is 2.78 bits per heavy atom. The van der Waals surface area contributed by atoms with E-state index >= 15 is 0 Å². The van der Waals surface area contributed by atoms with Crippen LogP contribution in [0.4, 0.5) is 8.78 Å². The van der Waals surface area contributed by atoms with Gasteiger partial charge in [0.1, 0.15) is 6.26 Å². The Bertz CT molecular complexity index is 713. The highest BCUT2D eigenvalue weighted by Crippen LogP contribution is 2.36. The molecule has 0 bridgehead atoms. The van der Waals surface area contributed by atoms with Crippen molar-refractivity contribution < 1.29 is 27.5 Å². The monoisotopic (exact) mass is 324 g/mol. The van der Waals surface area contributed by atoms with Gasteiger partial charge in [-0.25, -0.2) is 4.98 Å². The van der Waals surface area contributed by atoms with E-state index in [-0.39, 0.29) is 23.1 Å². The number of hydrogen-bond donors (Lipinski definition) is 1. The summed E-state index contributed by atoms with van der Waals surface area (Å²) in [4.78, 5) is 15.0. The molecule has 0 saturated heterocycles. The van der Waals surface area contributed by atoms with Gasteiger partial charge < -0.3 is 19.6 Å². The van der Waals surface area contributed by atoms with Gasteiger partial charge in [-0.2, -0.15) is 8.78 Å². The van der Waals surface area contributed by atoms with Crippen LogP contribution in [-0.2, 0) is 0 Å². The third-order valence-electron chi connectivity index (χ3n) is 3.33. The Kier molecular flexibility index (Phi) is 4.14. The molecule has 1 saturated carbocycles. The van der Waals surface area contributed by atoms with Crippen molar-refractivity contribution in [3.63, 3.8) is 0 Å². The molecular weight excluding hydrogens is 310 g/mol. The van der Waals surface area contributed by atoms with Crippen molar-refractivity contribution in [1.29, 1.82) is 0 Å². The molecule has 0 atom stereocenters. The zero-order valence-electron chi connectivity index (χ0n) is 12.0. The second-order valence-electron chi connectivity index (χ2n) is 5.20. The molecule has 6 nitrogen and oxygen atoms in total. The maximum atomic E-state index is 12.5. The van der Waals surface area contributed by atoms with E-state index < -0.39 is 12.5 Å². The maximum Gasteiger partial charge on any atom is 0.387 e. The molecule has 23 heavy (non-hydrogen) atoms. The minimum atomic E-state index is -2.95. The van der Waals surface area contributed by atoms with Crippen molar-refractivity contribution in [3.8, 4) is 23.0 Å². The number of benzene rings is 1. The Hall–Kier alpha value is -2.64. The molecular formula is C15H14F2N2O4. The molecule has 2 N–H and O–H groups in total. The second-order valence-corrected chi connectivity index (χ2v) is 5.20. The van der Waals surface area contributed by atoms with Gasteiger partial charge in [-0.05, 0) is 37.0 Å². The van der Waals surface area contributed by atoms with Crippen LogP contribution in [-0.4, -0.2) is 24.1 Å². The summed E-state index contributed by atoms with van der Waals surface area (Å²) in [5, 5.41) is 0. The highest BCUT2D eigenvalue weighted by atomic mass is 19.3. The molecule has 0 spiro atoms. The van der Waals surface area contributed by atoms with E-state index in [0.717, 1.165) is 19.1 Å². The Balaban J connectivity index is 1.87. The van der Waals surface area contributed by atoms with Crippen molar-refractivity contribution in [3.05, 3.63) is 30.2 Å². The number of oxazole rings is 1. The standard InChI is InChI=1S/C15H14F2N2O4/c16-15(17)23-11-4-3-9(5-12(11)21-6-8-1-2-8)14-19-10(7-22-14)13(18)20/h3-5,7-8,15H,1-2,6H2,(H2,18,20). The molecule has 1 aliphatic rings. The van der Waals surface area contributed by atoms with E-state index in [0.29, 0.717) is 18.1 Å². The molecule has 1 amide bonds. The summed E-state index contributed by atoms with van der Waals surface area (Å²) in [5.41, 5.74) is 5.56. The van der Waals surface area contributed by atoms with Gasteiger partial charge in [-0.3, -0.25) is 4.79 Å². The first-order chi connectivity index (χ1) is 11.0. The van der Waals surface area contributed by atoms with Crippen molar-refractivity contribution in [2.45, 2.75) is 19.5 Å². The lowest BCUT2D eigenvalue weighted by Gasteiger charge is -2.12. The quantitative estimate of drug-likeness (QED) is 0.846. The van der Waals surface area contributed by atoms with Crippen LogP contribution in [0.3, 0.4) is 0 Å². The average Bonchev–Trinajstić information content (AvgIpc) is 3.19. The molecule has 3 rings (SSSR count). The molecule has 0 unspecified atom stereocenters. The number of primary amides is 1. The molecule has 8 heteroatoms. The smallest absolute Gasteiger partial charge is 0.387 e. The Labute approximate surface area is 130 Å². The third kappa shape index (κ3) is 3.77. The zero-order valence-corrected chi connectivity index (χ0v) is 12.0. The number of amides is 1. The zero-order chi connectivity index (χ0) is 16.4. The van der Waals surface area contributed by atoms with Gasteiger partial charge in [0.05, 0.1) is 6.61 Å². The molecule has 0 aliphatic heterocycles. The van der Waals surface area contributed by atoms with Crippen LogP contribution in [0.15, 0.2) is 28.9 Å². The number of halogens is 2. The highest BCUT2D eigenvalue weighted by molar-refractivity contribution is 5.90. The van der Waals surface area contributed by atoms with Gasteiger partial charge in [0, 0.05) is 5.56 Å². The number of aromatic nitrogens is 1. The summed E-state index contributed by atoms with van der Waals surface area (Å²) < 4.78 is 40.1. The first-order valence-corrected chi connectivity index (χ1v) is 7.00. The van der Waals surface area contributed by atoms with Crippen molar-refractivity contribution in [2.24, 2.45) is 11.7 Å². The largest absolute Gasteiger partial charge is 0.489 e. The number of rotatable bonds is 7. The van der Waals surface area contributed by atoms with Crippen molar-refractivity contribution in [2.75, 3.05) is 6.61 Å². The van der Waals surface area contributed by atoms with E-state index in [9.17, 15) is 13.6 Å². The topological polar surface area (TPSA) is 87.6 Å². The van der Waals surface area contributed by atoms with Crippen LogP contribution >= 0.6 is 0 Å². The van der Waals surface area contributed by atoms with E-state index in [1.165, 1.54) is 18.2 Å². The predicted molar refractivity (Wildman–Crippen MR) is 75.3 cm³/mol. The number of alkyl halides is 2. The minimum Gasteiger partial charge on any atom is -0.489 e. The molecule has 1 aromatic heterocycles. The lowest BCUT2D eigenvalue weighted by molar-refractivity contribution is -0.0515. The Morgan fingerprint density at radius 1 is 1.39 bits per heavy atom. The number of carbonyl (C=O) groups excluding carboxylic acids is 1. The van der Waals surface area contributed by atoms with Crippen LogP contribution < -0.4 is 15.2 Å². The lowest BCUT2D eigenvalue weighted by Crippen LogP contribution is -2.11. The molecule has 1 aromatic carbocycles. The van der Waals surface area contributed by atoms with Crippen molar-refractivity contribution >= 4 is 5.91 Å². The van der Waals surface area contributed by atoms with Gasteiger partial charge >= 0.3 is 6.61 Å². The van der Waals surface area contributed by atoms with Gasteiger partial charge in [0.15, 0.2) is 17.2 Å². The average molecular weight is 324 g/mol. The van der Waals surface area contributed by atoms with Crippen LogP contribution in [0.2, 0.25) is 0 Å². The van der Waals surface area contributed by atoms with Gasteiger partial charge in [-0.1, -0.05) is 0 Å². The SMILES string of the molecule is NC(=O)c1coc(-c2ccc(OC(F)F)c(OCC3CC3)c2)n1. The first kappa shape index (κ1) is 15.3. The molecule has 0 radical (unpaired) electrons. The van der Waals surface area contributed by atoms with E-state index in [1.807, 2.05) is 0 Å². The van der Waals surface area contributed by atoms with E-state index in [2.05, 4.69) is 9.72 Å². The summed E-state index contributed by atoms with van der Waals surface area (Å²) in [5.74, 6) is -0.0256. The Morgan fingerprint density at radius 2 is 2.17 bits per heavy atom. The van der Waals surface area contributed by atoms with E-state index in [4.69, 9.17) is 14.9 Å². The number of hydrogen-bond acceptors (Lipinski definition) is 5.